The minimum atomic E-state index is -0.0259. The number of amides is 1. The number of aromatic nitrogens is 3. The average molecular weight is 374 g/mol. The Morgan fingerprint density at radius 1 is 1.07 bits per heavy atom. The Balaban J connectivity index is 1.41. The number of hydrogen-bond acceptors (Lipinski definition) is 5. The summed E-state index contributed by atoms with van der Waals surface area (Å²) in [6, 6.07) is 14.1. The van der Waals surface area contributed by atoms with Crippen molar-refractivity contribution in [3.05, 3.63) is 72.3 Å². The first-order valence-corrected chi connectivity index (χ1v) is 9.50. The standard InChI is InChI=1S/C21H18N4OS/c1-14-2-8-18-19(10-14)27-21(25-18)16-4-6-17(7-5-16)24-20(26)9-3-15-11-22-13-23-12-15/h2,4-8,10-13H,3,9H2,1H3,(H,24,26). The van der Waals surface area contributed by atoms with E-state index in [-0.39, 0.29) is 5.91 Å². The number of rotatable bonds is 5. The number of hydrogen-bond donors (Lipinski definition) is 1. The zero-order chi connectivity index (χ0) is 18.6. The molecule has 0 unspecified atom stereocenters. The van der Waals surface area contributed by atoms with Crippen molar-refractivity contribution in [2.75, 3.05) is 5.32 Å². The van der Waals surface area contributed by atoms with Gasteiger partial charge >= 0.3 is 0 Å². The average Bonchev–Trinajstić information content (AvgIpc) is 3.11. The SMILES string of the molecule is Cc1ccc2nc(-c3ccc(NC(=O)CCc4cncnc4)cc3)sc2c1. The maximum Gasteiger partial charge on any atom is 0.224 e. The molecule has 2 heterocycles. The van der Waals surface area contributed by atoms with Crippen LogP contribution < -0.4 is 5.32 Å². The van der Waals surface area contributed by atoms with E-state index in [0.29, 0.717) is 12.8 Å². The van der Waals surface area contributed by atoms with Gasteiger partial charge in [-0.15, -0.1) is 11.3 Å². The molecule has 0 atom stereocenters. The number of anilines is 1. The smallest absolute Gasteiger partial charge is 0.224 e. The maximum absolute atomic E-state index is 12.1. The van der Waals surface area contributed by atoms with Crippen molar-refractivity contribution >= 4 is 33.1 Å². The van der Waals surface area contributed by atoms with Crippen LogP contribution in [0, 0.1) is 6.92 Å². The Morgan fingerprint density at radius 3 is 2.63 bits per heavy atom. The minimum Gasteiger partial charge on any atom is -0.326 e. The third kappa shape index (κ3) is 4.17. The maximum atomic E-state index is 12.1. The van der Waals surface area contributed by atoms with Crippen LogP contribution in [-0.4, -0.2) is 20.9 Å². The second-order valence-corrected chi connectivity index (χ2v) is 7.39. The summed E-state index contributed by atoms with van der Waals surface area (Å²) in [5.41, 5.74) is 5.04. The summed E-state index contributed by atoms with van der Waals surface area (Å²) < 4.78 is 1.19. The third-order valence-corrected chi connectivity index (χ3v) is 5.28. The molecule has 0 aliphatic rings. The summed E-state index contributed by atoms with van der Waals surface area (Å²) in [5.74, 6) is -0.0259. The fraction of sp³-hybridized carbons (Fsp3) is 0.143. The molecule has 134 valence electrons. The van der Waals surface area contributed by atoms with Crippen LogP contribution in [0.25, 0.3) is 20.8 Å². The molecule has 0 saturated heterocycles. The van der Waals surface area contributed by atoms with E-state index in [2.05, 4.69) is 40.4 Å². The Labute approximate surface area is 161 Å². The van der Waals surface area contributed by atoms with E-state index >= 15 is 0 Å². The molecule has 6 heteroatoms. The fourth-order valence-electron chi connectivity index (χ4n) is 2.79. The normalized spacial score (nSPS) is 10.9. The third-order valence-electron chi connectivity index (χ3n) is 4.21. The number of benzene rings is 2. The van der Waals surface area contributed by atoms with Crippen molar-refractivity contribution in [3.8, 4) is 10.6 Å². The van der Waals surface area contributed by atoms with Gasteiger partial charge in [0.2, 0.25) is 5.91 Å². The fourth-order valence-corrected chi connectivity index (χ4v) is 3.86. The van der Waals surface area contributed by atoms with Crippen molar-refractivity contribution in [1.82, 2.24) is 15.0 Å². The van der Waals surface area contributed by atoms with Gasteiger partial charge in [-0.2, -0.15) is 0 Å². The first-order chi connectivity index (χ1) is 13.2. The molecule has 1 amide bonds. The van der Waals surface area contributed by atoms with E-state index < -0.39 is 0 Å². The summed E-state index contributed by atoms with van der Waals surface area (Å²) >= 11 is 1.68. The summed E-state index contributed by atoms with van der Waals surface area (Å²) in [4.78, 5) is 24.7. The van der Waals surface area contributed by atoms with Crippen LogP contribution in [0.3, 0.4) is 0 Å². The van der Waals surface area contributed by atoms with Crippen LogP contribution in [0.2, 0.25) is 0 Å². The first kappa shape index (κ1) is 17.3. The van der Waals surface area contributed by atoms with E-state index in [0.717, 1.165) is 27.3 Å². The monoisotopic (exact) mass is 374 g/mol. The van der Waals surface area contributed by atoms with Crippen LogP contribution in [0.4, 0.5) is 5.69 Å². The minimum absolute atomic E-state index is 0.0259. The van der Waals surface area contributed by atoms with Crippen LogP contribution in [-0.2, 0) is 11.2 Å². The molecule has 0 fully saturated rings. The molecule has 5 nitrogen and oxygen atoms in total. The molecule has 0 spiro atoms. The lowest BCUT2D eigenvalue weighted by Gasteiger charge is -2.06. The summed E-state index contributed by atoms with van der Waals surface area (Å²) in [6.07, 6.45) is 5.96. The van der Waals surface area contributed by atoms with Crippen LogP contribution in [0.1, 0.15) is 17.5 Å². The van der Waals surface area contributed by atoms with Gasteiger partial charge in [0.1, 0.15) is 11.3 Å². The molecule has 2 aromatic carbocycles. The first-order valence-electron chi connectivity index (χ1n) is 8.69. The zero-order valence-electron chi connectivity index (χ0n) is 14.8. The quantitative estimate of drug-likeness (QED) is 0.553. The Bertz CT molecular complexity index is 1070. The van der Waals surface area contributed by atoms with Crippen LogP contribution in [0.5, 0.6) is 0 Å². The number of aryl methyl sites for hydroxylation is 2. The van der Waals surface area contributed by atoms with Crippen molar-refractivity contribution in [1.29, 1.82) is 0 Å². The molecule has 4 rings (SSSR count). The summed E-state index contributed by atoms with van der Waals surface area (Å²) in [6.45, 7) is 2.08. The predicted octanol–water partition coefficient (Wildman–Crippen LogP) is 4.63. The van der Waals surface area contributed by atoms with Crippen molar-refractivity contribution in [3.63, 3.8) is 0 Å². The zero-order valence-corrected chi connectivity index (χ0v) is 15.7. The van der Waals surface area contributed by atoms with Gasteiger partial charge < -0.3 is 5.32 Å². The van der Waals surface area contributed by atoms with E-state index in [1.54, 1.807) is 23.7 Å². The predicted molar refractivity (Wildman–Crippen MR) is 109 cm³/mol. The number of thiazole rings is 1. The molecule has 0 bridgehead atoms. The van der Waals surface area contributed by atoms with Gasteiger partial charge in [-0.3, -0.25) is 4.79 Å². The van der Waals surface area contributed by atoms with Crippen molar-refractivity contribution in [2.45, 2.75) is 19.8 Å². The summed E-state index contributed by atoms with van der Waals surface area (Å²) in [5, 5.41) is 3.91. The van der Waals surface area contributed by atoms with E-state index in [1.807, 2.05) is 24.3 Å². The number of nitrogens with zero attached hydrogens (tertiary/aromatic N) is 3. The molecule has 0 radical (unpaired) electrons. The van der Waals surface area contributed by atoms with Gasteiger partial charge in [-0.25, -0.2) is 15.0 Å². The lowest BCUT2D eigenvalue weighted by atomic mass is 10.1. The highest BCUT2D eigenvalue weighted by Crippen LogP contribution is 2.31. The molecule has 2 aromatic heterocycles. The van der Waals surface area contributed by atoms with Crippen LogP contribution in [0.15, 0.2) is 61.2 Å². The highest BCUT2D eigenvalue weighted by atomic mass is 32.1. The molecular formula is C21H18N4OS. The molecule has 1 N–H and O–H groups in total. The molecule has 0 saturated carbocycles. The van der Waals surface area contributed by atoms with Gasteiger partial charge in [-0.05, 0) is 60.9 Å². The molecule has 4 aromatic rings. The largest absolute Gasteiger partial charge is 0.326 e. The second kappa shape index (κ2) is 7.63. The lowest BCUT2D eigenvalue weighted by Crippen LogP contribution is -2.12. The highest BCUT2D eigenvalue weighted by Gasteiger charge is 2.08. The molecule has 27 heavy (non-hydrogen) atoms. The number of carbonyl (C=O) groups is 1. The van der Waals surface area contributed by atoms with Gasteiger partial charge in [0.05, 0.1) is 10.2 Å². The Hall–Kier alpha value is -3.12. The van der Waals surface area contributed by atoms with Gasteiger partial charge in [-0.1, -0.05) is 6.07 Å². The molecular weight excluding hydrogens is 356 g/mol. The lowest BCUT2D eigenvalue weighted by molar-refractivity contribution is -0.116. The van der Waals surface area contributed by atoms with E-state index in [4.69, 9.17) is 4.98 Å². The van der Waals surface area contributed by atoms with Crippen LogP contribution >= 0.6 is 11.3 Å². The number of carbonyl (C=O) groups excluding carboxylic acids is 1. The Kier molecular flexibility index (Phi) is 4.89. The number of fused-ring (bicyclic) bond motifs is 1. The van der Waals surface area contributed by atoms with Gasteiger partial charge in [0.15, 0.2) is 0 Å². The topological polar surface area (TPSA) is 67.8 Å². The van der Waals surface area contributed by atoms with Gasteiger partial charge in [0.25, 0.3) is 0 Å². The van der Waals surface area contributed by atoms with E-state index in [1.165, 1.54) is 16.6 Å². The van der Waals surface area contributed by atoms with E-state index in [9.17, 15) is 4.79 Å². The van der Waals surface area contributed by atoms with Gasteiger partial charge in [0, 0.05) is 30.1 Å². The molecule has 0 aliphatic carbocycles. The Morgan fingerprint density at radius 2 is 1.85 bits per heavy atom. The summed E-state index contributed by atoms with van der Waals surface area (Å²) in [7, 11) is 0. The second-order valence-electron chi connectivity index (χ2n) is 6.36. The highest BCUT2D eigenvalue weighted by molar-refractivity contribution is 7.21. The number of nitrogens with one attached hydrogen (secondary N) is 1. The van der Waals surface area contributed by atoms with Crippen molar-refractivity contribution < 1.29 is 4.79 Å². The molecule has 0 aliphatic heterocycles. The van der Waals surface area contributed by atoms with Crippen molar-refractivity contribution in [2.24, 2.45) is 0 Å².